The SMILES string of the molecule is c1ccc(-c2ccccc2-c2ccccc2-c2ccccc2N(c2ccc3c(c2)-c2ccccc2C32c3ccccc3-c3ccccc32)c2ccc3sc4ccccc4c3c2)cc1. The molecule has 13 rings (SSSR count). The molecular weight excluding hydrogens is 779 g/mol. The third kappa shape index (κ3) is 5.29. The summed E-state index contributed by atoms with van der Waals surface area (Å²) in [6.45, 7) is 0. The second-order valence-electron chi connectivity index (χ2n) is 16.7. The number of hydrogen-bond acceptors (Lipinski definition) is 2. The van der Waals surface area contributed by atoms with Crippen molar-refractivity contribution in [3.8, 4) is 55.6 Å². The fourth-order valence-corrected chi connectivity index (χ4v) is 12.0. The number of fused-ring (bicyclic) bond motifs is 13. The average Bonchev–Trinajstić information content (AvgIpc) is 3.98. The van der Waals surface area contributed by atoms with E-state index in [1.165, 1.54) is 98.1 Å². The molecule has 0 unspecified atom stereocenters. The summed E-state index contributed by atoms with van der Waals surface area (Å²) in [5.74, 6) is 0. The first-order chi connectivity index (χ1) is 31.3. The molecule has 0 fully saturated rings. The number of hydrogen-bond donors (Lipinski definition) is 0. The predicted molar refractivity (Wildman–Crippen MR) is 267 cm³/mol. The van der Waals surface area contributed by atoms with E-state index in [1.807, 2.05) is 11.3 Å². The largest absolute Gasteiger partial charge is 0.310 e. The van der Waals surface area contributed by atoms with E-state index >= 15 is 0 Å². The van der Waals surface area contributed by atoms with Crippen LogP contribution in [0, 0.1) is 0 Å². The molecule has 2 heteroatoms. The lowest BCUT2D eigenvalue weighted by atomic mass is 9.70. The van der Waals surface area contributed by atoms with Gasteiger partial charge in [-0.3, -0.25) is 0 Å². The highest BCUT2D eigenvalue weighted by Crippen LogP contribution is 2.63. The van der Waals surface area contributed by atoms with Crippen LogP contribution in [0.25, 0.3) is 75.8 Å². The summed E-state index contributed by atoms with van der Waals surface area (Å²) in [5, 5.41) is 2.57. The summed E-state index contributed by atoms with van der Waals surface area (Å²) in [6.07, 6.45) is 0. The van der Waals surface area contributed by atoms with Gasteiger partial charge in [0.25, 0.3) is 0 Å². The van der Waals surface area contributed by atoms with Crippen molar-refractivity contribution in [2.75, 3.05) is 4.90 Å². The van der Waals surface area contributed by atoms with Gasteiger partial charge in [-0.1, -0.05) is 194 Å². The number of benzene rings is 10. The molecule has 11 aromatic rings. The zero-order chi connectivity index (χ0) is 41.5. The van der Waals surface area contributed by atoms with E-state index < -0.39 is 5.41 Å². The highest BCUT2D eigenvalue weighted by molar-refractivity contribution is 7.25. The molecule has 10 aromatic carbocycles. The van der Waals surface area contributed by atoms with Crippen molar-refractivity contribution in [3.63, 3.8) is 0 Å². The molecule has 63 heavy (non-hydrogen) atoms. The molecule has 2 aliphatic carbocycles. The monoisotopic (exact) mass is 817 g/mol. The molecule has 1 spiro atoms. The van der Waals surface area contributed by atoms with Crippen molar-refractivity contribution >= 4 is 48.6 Å². The fourth-order valence-electron chi connectivity index (χ4n) is 10.9. The molecule has 0 atom stereocenters. The number of nitrogens with zero attached hydrogens (tertiary/aromatic N) is 1. The van der Waals surface area contributed by atoms with Crippen LogP contribution in [0.5, 0.6) is 0 Å². The molecule has 0 aliphatic heterocycles. The number of anilines is 3. The van der Waals surface area contributed by atoms with Gasteiger partial charge in [-0.25, -0.2) is 0 Å². The van der Waals surface area contributed by atoms with Crippen LogP contribution in [0.1, 0.15) is 22.3 Å². The molecule has 1 nitrogen and oxygen atoms in total. The molecule has 0 saturated heterocycles. The topological polar surface area (TPSA) is 3.24 Å². The van der Waals surface area contributed by atoms with Crippen molar-refractivity contribution in [1.29, 1.82) is 0 Å². The lowest BCUT2D eigenvalue weighted by Gasteiger charge is -2.31. The molecule has 0 bridgehead atoms. The number of rotatable bonds is 6. The normalized spacial score (nSPS) is 12.9. The lowest BCUT2D eigenvalue weighted by molar-refractivity contribution is 0.794. The summed E-state index contributed by atoms with van der Waals surface area (Å²) in [5.41, 5.74) is 20.7. The first kappa shape index (κ1) is 35.9. The molecular formula is C61H39NS. The van der Waals surface area contributed by atoms with E-state index in [0.717, 1.165) is 17.1 Å². The van der Waals surface area contributed by atoms with Crippen molar-refractivity contribution in [1.82, 2.24) is 0 Å². The van der Waals surface area contributed by atoms with Gasteiger partial charge in [0, 0.05) is 37.1 Å². The highest BCUT2D eigenvalue weighted by Gasteiger charge is 2.51. The third-order valence-corrected chi connectivity index (χ3v) is 14.7. The van der Waals surface area contributed by atoms with E-state index in [2.05, 4.69) is 241 Å². The fraction of sp³-hybridized carbons (Fsp3) is 0.0164. The van der Waals surface area contributed by atoms with Crippen LogP contribution in [0.2, 0.25) is 0 Å². The van der Waals surface area contributed by atoms with Gasteiger partial charge in [-0.2, -0.15) is 0 Å². The first-order valence-electron chi connectivity index (χ1n) is 21.8. The molecule has 2 aliphatic rings. The Morgan fingerprint density at radius 1 is 0.286 bits per heavy atom. The summed E-state index contributed by atoms with van der Waals surface area (Å²) in [6, 6.07) is 87.8. The molecule has 0 amide bonds. The molecule has 0 saturated carbocycles. The zero-order valence-electron chi connectivity index (χ0n) is 34.4. The van der Waals surface area contributed by atoms with Crippen LogP contribution < -0.4 is 4.90 Å². The Morgan fingerprint density at radius 3 is 1.41 bits per heavy atom. The van der Waals surface area contributed by atoms with Gasteiger partial charge in [-0.05, 0) is 115 Å². The van der Waals surface area contributed by atoms with Crippen LogP contribution in [-0.4, -0.2) is 0 Å². The standard InChI is InChI=1S/C61H39NS/c1-2-18-40(19-3-1)43-20-4-5-21-44(43)45-22-6-7-23-46(45)50-27-11-16-32-58(50)62(42-35-37-60-53(39-42)51-28-12-17-33-59(51)63-60)41-34-36-57-52(38-41)49-26-10-15-31-56(49)61(57)54-29-13-8-24-47(54)48-25-9-14-30-55(48)61/h1-39H. The second-order valence-corrected chi connectivity index (χ2v) is 17.8. The Bertz CT molecular complexity index is 3550. The van der Waals surface area contributed by atoms with E-state index in [0.29, 0.717) is 0 Å². The molecule has 0 N–H and O–H groups in total. The maximum atomic E-state index is 2.51. The van der Waals surface area contributed by atoms with Crippen LogP contribution in [0.4, 0.5) is 17.1 Å². The average molecular weight is 818 g/mol. The maximum Gasteiger partial charge on any atom is 0.0725 e. The lowest BCUT2D eigenvalue weighted by Crippen LogP contribution is -2.25. The van der Waals surface area contributed by atoms with Crippen molar-refractivity contribution in [3.05, 3.63) is 259 Å². The van der Waals surface area contributed by atoms with E-state index in [9.17, 15) is 0 Å². The molecule has 1 aromatic heterocycles. The van der Waals surface area contributed by atoms with Crippen molar-refractivity contribution < 1.29 is 0 Å². The smallest absolute Gasteiger partial charge is 0.0725 e. The van der Waals surface area contributed by atoms with Crippen molar-refractivity contribution in [2.45, 2.75) is 5.41 Å². The van der Waals surface area contributed by atoms with Crippen LogP contribution >= 0.6 is 11.3 Å². The zero-order valence-corrected chi connectivity index (χ0v) is 35.2. The Balaban J connectivity index is 1.06. The van der Waals surface area contributed by atoms with Crippen molar-refractivity contribution in [2.24, 2.45) is 0 Å². The van der Waals surface area contributed by atoms with Gasteiger partial charge < -0.3 is 4.90 Å². The van der Waals surface area contributed by atoms with Crippen LogP contribution in [-0.2, 0) is 5.41 Å². The molecule has 1 heterocycles. The minimum atomic E-state index is -0.403. The Morgan fingerprint density at radius 2 is 0.730 bits per heavy atom. The summed E-state index contributed by atoms with van der Waals surface area (Å²) < 4.78 is 2.60. The Hall–Kier alpha value is -7.78. The molecule has 294 valence electrons. The summed E-state index contributed by atoms with van der Waals surface area (Å²) in [7, 11) is 0. The van der Waals surface area contributed by atoms with Gasteiger partial charge in [0.05, 0.1) is 11.1 Å². The van der Waals surface area contributed by atoms with Gasteiger partial charge in [0.1, 0.15) is 0 Å². The van der Waals surface area contributed by atoms with Crippen LogP contribution in [0.15, 0.2) is 237 Å². The van der Waals surface area contributed by atoms with Crippen LogP contribution in [0.3, 0.4) is 0 Å². The van der Waals surface area contributed by atoms with Gasteiger partial charge in [-0.15, -0.1) is 11.3 Å². The minimum absolute atomic E-state index is 0.403. The maximum absolute atomic E-state index is 2.51. The second kappa shape index (κ2) is 14.1. The Kier molecular flexibility index (Phi) is 8.06. The van der Waals surface area contributed by atoms with Gasteiger partial charge in [0.2, 0.25) is 0 Å². The predicted octanol–water partition coefficient (Wildman–Crippen LogP) is 16.9. The van der Waals surface area contributed by atoms with Gasteiger partial charge in [0.15, 0.2) is 0 Å². The third-order valence-electron chi connectivity index (χ3n) is 13.5. The summed E-state index contributed by atoms with van der Waals surface area (Å²) in [4.78, 5) is 2.51. The quantitative estimate of drug-likeness (QED) is 0.162. The van der Waals surface area contributed by atoms with E-state index in [1.54, 1.807) is 0 Å². The number of para-hydroxylation sites is 1. The summed E-state index contributed by atoms with van der Waals surface area (Å²) >= 11 is 1.86. The highest BCUT2D eigenvalue weighted by atomic mass is 32.1. The van der Waals surface area contributed by atoms with E-state index in [-0.39, 0.29) is 0 Å². The number of thiophene rings is 1. The first-order valence-corrected chi connectivity index (χ1v) is 22.6. The minimum Gasteiger partial charge on any atom is -0.310 e. The molecule has 0 radical (unpaired) electrons. The Labute approximate surface area is 371 Å². The van der Waals surface area contributed by atoms with E-state index in [4.69, 9.17) is 0 Å². The van der Waals surface area contributed by atoms with Gasteiger partial charge >= 0.3 is 0 Å².